The first-order valence-corrected chi connectivity index (χ1v) is 6.76. The summed E-state index contributed by atoms with van der Waals surface area (Å²) < 4.78 is 5.62. The molecule has 3 nitrogen and oxygen atoms in total. The molecule has 1 unspecified atom stereocenters. The fourth-order valence-corrected chi connectivity index (χ4v) is 2.47. The fourth-order valence-electron chi connectivity index (χ4n) is 2.47. The highest BCUT2D eigenvalue weighted by Crippen LogP contribution is 2.26. The van der Waals surface area contributed by atoms with Gasteiger partial charge in [-0.3, -0.25) is 4.79 Å². The number of hydrogen-bond donors (Lipinski definition) is 1. The lowest BCUT2D eigenvalue weighted by Gasteiger charge is -2.13. The molecule has 0 aliphatic heterocycles. The molecule has 0 saturated carbocycles. The Bertz CT molecular complexity index is 619. The van der Waals surface area contributed by atoms with Crippen molar-refractivity contribution in [1.29, 1.82) is 0 Å². The first kappa shape index (κ1) is 12.9. The number of Topliss-reactive ketones (excluding diaryl/α,β-unsaturated/α-hetero) is 1. The summed E-state index contributed by atoms with van der Waals surface area (Å²) in [6.07, 6.45) is 0.726. The number of aryl methyl sites for hydroxylation is 1. The zero-order valence-electron chi connectivity index (χ0n) is 11.1. The molecule has 3 rings (SSSR count). The van der Waals surface area contributed by atoms with Crippen molar-refractivity contribution in [3.05, 3.63) is 65.2 Å². The van der Waals surface area contributed by atoms with Crippen LogP contribution in [0, 0.1) is 0 Å². The summed E-state index contributed by atoms with van der Waals surface area (Å²) in [5.74, 6) is 0.907. The van der Waals surface area contributed by atoms with E-state index in [9.17, 15) is 9.90 Å². The smallest absolute Gasteiger partial charge is 0.163 e. The van der Waals surface area contributed by atoms with E-state index in [1.54, 1.807) is 6.07 Å². The Hall–Kier alpha value is -2.13. The van der Waals surface area contributed by atoms with Crippen LogP contribution in [0.4, 0.5) is 0 Å². The molecule has 1 N–H and O–H groups in total. The first-order valence-electron chi connectivity index (χ1n) is 6.76. The molecule has 20 heavy (non-hydrogen) atoms. The molecule has 0 saturated heterocycles. The van der Waals surface area contributed by atoms with Crippen LogP contribution in [0.3, 0.4) is 0 Å². The van der Waals surface area contributed by atoms with Crippen molar-refractivity contribution in [3.8, 4) is 5.75 Å². The number of aliphatic hydroxyl groups excluding tert-OH is 1. The molecular formula is C17H16O3. The summed E-state index contributed by atoms with van der Waals surface area (Å²) >= 11 is 0. The number of carbonyl (C=O) groups is 1. The molecule has 1 atom stereocenters. The van der Waals surface area contributed by atoms with Gasteiger partial charge in [0.1, 0.15) is 18.5 Å². The lowest BCUT2D eigenvalue weighted by molar-refractivity contribution is 0.0994. The van der Waals surface area contributed by atoms with Crippen molar-refractivity contribution in [2.24, 2.45) is 0 Å². The maximum absolute atomic E-state index is 11.5. The van der Waals surface area contributed by atoms with Crippen molar-refractivity contribution >= 4 is 5.78 Å². The summed E-state index contributed by atoms with van der Waals surface area (Å²) in [6.45, 7) is 0.205. The van der Waals surface area contributed by atoms with E-state index in [0.29, 0.717) is 12.2 Å². The summed E-state index contributed by atoms with van der Waals surface area (Å²) in [4.78, 5) is 11.5. The highest BCUT2D eigenvalue weighted by atomic mass is 16.5. The summed E-state index contributed by atoms with van der Waals surface area (Å²) in [5.41, 5.74) is 2.69. The maximum Gasteiger partial charge on any atom is 0.163 e. The molecule has 0 heterocycles. The molecule has 1 aliphatic carbocycles. The van der Waals surface area contributed by atoms with E-state index in [1.807, 2.05) is 42.5 Å². The highest BCUT2D eigenvalue weighted by Gasteiger charge is 2.19. The molecule has 0 radical (unpaired) electrons. The Morgan fingerprint density at radius 2 is 1.90 bits per heavy atom. The third kappa shape index (κ3) is 2.58. The van der Waals surface area contributed by atoms with Gasteiger partial charge in [0.2, 0.25) is 0 Å². The van der Waals surface area contributed by atoms with Gasteiger partial charge in [0.25, 0.3) is 0 Å². The minimum atomic E-state index is -0.647. The van der Waals surface area contributed by atoms with Gasteiger partial charge in [-0.05, 0) is 35.7 Å². The maximum atomic E-state index is 11.5. The van der Waals surface area contributed by atoms with Crippen LogP contribution in [0.2, 0.25) is 0 Å². The molecule has 102 valence electrons. The standard InChI is InChI=1S/C17H16O3/c18-16-9-6-13-10-14(7-8-15(13)16)20-11-17(19)12-4-2-1-3-5-12/h1-5,7-8,10,17,19H,6,9,11H2. The average Bonchev–Trinajstić information content (AvgIpc) is 2.87. The number of ketones is 1. The lowest BCUT2D eigenvalue weighted by Crippen LogP contribution is -2.09. The van der Waals surface area contributed by atoms with Crippen LogP contribution < -0.4 is 4.74 Å². The first-order chi connectivity index (χ1) is 9.74. The quantitative estimate of drug-likeness (QED) is 0.927. The molecule has 2 aromatic rings. The number of rotatable bonds is 4. The predicted octanol–water partition coefficient (Wildman–Crippen LogP) is 2.93. The van der Waals surface area contributed by atoms with Gasteiger partial charge >= 0.3 is 0 Å². The molecule has 0 bridgehead atoms. The van der Waals surface area contributed by atoms with E-state index in [2.05, 4.69) is 0 Å². The van der Waals surface area contributed by atoms with Crippen LogP contribution in [-0.2, 0) is 6.42 Å². The van der Waals surface area contributed by atoms with E-state index in [1.165, 1.54) is 0 Å². The van der Waals surface area contributed by atoms with Gasteiger partial charge in [0, 0.05) is 12.0 Å². The summed E-state index contributed by atoms with van der Waals surface area (Å²) in [5, 5.41) is 10.0. The lowest BCUT2D eigenvalue weighted by atomic mass is 10.1. The zero-order valence-corrected chi connectivity index (χ0v) is 11.1. The Morgan fingerprint density at radius 3 is 2.70 bits per heavy atom. The second kappa shape index (κ2) is 5.47. The highest BCUT2D eigenvalue weighted by molar-refractivity contribution is 6.00. The van der Waals surface area contributed by atoms with Crippen LogP contribution >= 0.6 is 0 Å². The average molecular weight is 268 g/mol. The van der Waals surface area contributed by atoms with Crippen molar-refractivity contribution in [2.75, 3.05) is 6.61 Å². The molecular weight excluding hydrogens is 252 g/mol. The van der Waals surface area contributed by atoms with Gasteiger partial charge in [-0.1, -0.05) is 30.3 Å². The second-order valence-electron chi connectivity index (χ2n) is 4.98. The summed E-state index contributed by atoms with van der Waals surface area (Å²) in [7, 11) is 0. The van der Waals surface area contributed by atoms with E-state index < -0.39 is 6.10 Å². The summed E-state index contributed by atoms with van der Waals surface area (Å²) in [6, 6.07) is 14.9. The number of aliphatic hydroxyl groups is 1. The van der Waals surface area contributed by atoms with Crippen molar-refractivity contribution in [1.82, 2.24) is 0 Å². The fraction of sp³-hybridized carbons (Fsp3) is 0.235. The van der Waals surface area contributed by atoms with Crippen LogP contribution in [0.15, 0.2) is 48.5 Å². The van der Waals surface area contributed by atoms with Crippen molar-refractivity contribution in [2.45, 2.75) is 18.9 Å². The largest absolute Gasteiger partial charge is 0.491 e. The van der Waals surface area contributed by atoms with Gasteiger partial charge < -0.3 is 9.84 Å². The van der Waals surface area contributed by atoms with Crippen molar-refractivity contribution in [3.63, 3.8) is 0 Å². The van der Waals surface area contributed by atoms with Crippen LogP contribution in [0.1, 0.15) is 34.0 Å². The van der Waals surface area contributed by atoms with E-state index >= 15 is 0 Å². The molecule has 0 spiro atoms. The van der Waals surface area contributed by atoms with Crippen LogP contribution in [0.25, 0.3) is 0 Å². The Morgan fingerprint density at radius 1 is 1.10 bits per heavy atom. The van der Waals surface area contributed by atoms with Gasteiger partial charge in [0.15, 0.2) is 5.78 Å². The van der Waals surface area contributed by atoms with Gasteiger partial charge in [-0.25, -0.2) is 0 Å². The molecule has 0 fully saturated rings. The van der Waals surface area contributed by atoms with E-state index in [4.69, 9.17) is 4.74 Å². The normalized spacial score (nSPS) is 14.9. The molecule has 0 amide bonds. The molecule has 1 aliphatic rings. The van der Waals surface area contributed by atoms with Crippen LogP contribution in [-0.4, -0.2) is 17.5 Å². The Kier molecular flexibility index (Phi) is 3.52. The molecule has 2 aromatic carbocycles. The van der Waals surface area contributed by atoms with Gasteiger partial charge in [0.05, 0.1) is 0 Å². The van der Waals surface area contributed by atoms with Gasteiger partial charge in [-0.15, -0.1) is 0 Å². The van der Waals surface area contributed by atoms with Gasteiger partial charge in [-0.2, -0.15) is 0 Å². The minimum absolute atomic E-state index is 0.205. The van der Waals surface area contributed by atoms with Crippen LogP contribution in [0.5, 0.6) is 5.75 Å². The second-order valence-corrected chi connectivity index (χ2v) is 4.98. The number of fused-ring (bicyclic) bond motifs is 1. The Balaban J connectivity index is 1.66. The number of hydrogen-bond acceptors (Lipinski definition) is 3. The number of benzene rings is 2. The predicted molar refractivity (Wildman–Crippen MR) is 76.0 cm³/mol. The zero-order chi connectivity index (χ0) is 13.9. The Labute approximate surface area is 117 Å². The van der Waals surface area contributed by atoms with E-state index in [-0.39, 0.29) is 12.4 Å². The topological polar surface area (TPSA) is 46.5 Å². The third-order valence-corrected chi connectivity index (χ3v) is 3.59. The van der Waals surface area contributed by atoms with Crippen molar-refractivity contribution < 1.29 is 14.6 Å². The molecule has 0 aromatic heterocycles. The van der Waals surface area contributed by atoms with E-state index in [0.717, 1.165) is 23.1 Å². The number of ether oxygens (including phenoxy) is 1. The minimum Gasteiger partial charge on any atom is -0.491 e. The SMILES string of the molecule is O=C1CCc2cc(OCC(O)c3ccccc3)ccc21. The monoisotopic (exact) mass is 268 g/mol. The third-order valence-electron chi connectivity index (χ3n) is 3.59. The number of carbonyl (C=O) groups excluding carboxylic acids is 1. The molecule has 3 heteroatoms.